The van der Waals surface area contributed by atoms with Crippen LogP contribution in [-0.2, 0) is 20.8 Å². The molecule has 0 aromatic heterocycles. The number of amides is 1. The van der Waals surface area contributed by atoms with Crippen LogP contribution in [0.2, 0.25) is 5.02 Å². The van der Waals surface area contributed by atoms with E-state index in [1.165, 1.54) is 12.1 Å². The summed E-state index contributed by atoms with van der Waals surface area (Å²) in [5.74, 6) is -0.572. The van der Waals surface area contributed by atoms with E-state index in [2.05, 4.69) is 5.32 Å². The summed E-state index contributed by atoms with van der Waals surface area (Å²) < 4.78 is 23.8. The Bertz CT molecular complexity index is 478. The molecule has 1 heterocycles. The van der Waals surface area contributed by atoms with Crippen LogP contribution in [0, 0.1) is 5.82 Å². The summed E-state index contributed by atoms with van der Waals surface area (Å²) in [5.41, 5.74) is 0.759. The minimum Gasteiger partial charge on any atom is -0.378 e. The molecular weight excluding hydrogens is 297 g/mol. The van der Waals surface area contributed by atoms with Gasteiger partial charge in [0.05, 0.1) is 24.3 Å². The minimum atomic E-state index is -0.464. The van der Waals surface area contributed by atoms with E-state index in [9.17, 15) is 9.18 Å². The van der Waals surface area contributed by atoms with Crippen molar-refractivity contribution in [3.63, 3.8) is 0 Å². The van der Waals surface area contributed by atoms with E-state index >= 15 is 0 Å². The van der Waals surface area contributed by atoms with Gasteiger partial charge in [-0.05, 0) is 30.5 Å². The normalized spacial score (nSPS) is 17.9. The molecule has 1 atom stereocenters. The second-order valence-corrected chi connectivity index (χ2v) is 5.39. The van der Waals surface area contributed by atoms with Gasteiger partial charge in [-0.2, -0.15) is 0 Å². The van der Waals surface area contributed by atoms with Crippen LogP contribution in [0.1, 0.15) is 24.8 Å². The minimum absolute atomic E-state index is 0.0571. The molecule has 1 aliphatic rings. The topological polar surface area (TPSA) is 47.6 Å². The van der Waals surface area contributed by atoms with Gasteiger partial charge >= 0.3 is 0 Å². The smallest absolute Gasteiger partial charge is 0.222 e. The maximum Gasteiger partial charge on any atom is 0.222 e. The number of hydrogen-bond acceptors (Lipinski definition) is 3. The van der Waals surface area contributed by atoms with Crippen molar-refractivity contribution in [2.24, 2.45) is 0 Å². The van der Waals surface area contributed by atoms with Crippen LogP contribution >= 0.6 is 11.6 Å². The maximum atomic E-state index is 13.0. The molecule has 1 amide bonds. The average Bonchev–Trinajstić information content (AvgIpc) is 2.98. The molecule has 2 rings (SSSR count). The zero-order chi connectivity index (χ0) is 15.1. The number of hydrogen-bond donors (Lipinski definition) is 1. The summed E-state index contributed by atoms with van der Waals surface area (Å²) in [6.07, 6.45) is 2.57. The van der Waals surface area contributed by atoms with E-state index in [0.717, 1.165) is 25.0 Å². The number of carbonyl (C=O) groups is 1. The van der Waals surface area contributed by atoms with Crippen molar-refractivity contribution in [1.82, 2.24) is 5.32 Å². The van der Waals surface area contributed by atoms with Gasteiger partial charge in [0.1, 0.15) is 5.82 Å². The van der Waals surface area contributed by atoms with Crippen molar-refractivity contribution < 1.29 is 18.7 Å². The molecule has 1 saturated heterocycles. The van der Waals surface area contributed by atoms with Crippen LogP contribution in [-0.4, -0.2) is 31.8 Å². The number of rotatable bonds is 7. The SMILES string of the molecule is O=C(CCOCC1CCCO1)NCc1ccc(F)c(Cl)c1. The summed E-state index contributed by atoms with van der Waals surface area (Å²) in [4.78, 5) is 11.6. The number of halogens is 2. The van der Waals surface area contributed by atoms with Crippen LogP contribution in [0.3, 0.4) is 0 Å². The second kappa shape index (κ2) is 8.32. The number of carbonyl (C=O) groups excluding carboxylic acids is 1. The lowest BCUT2D eigenvalue weighted by Crippen LogP contribution is -2.24. The van der Waals surface area contributed by atoms with E-state index in [0.29, 0.717) is 26.2 Å². The first-order chi connectivity index (χ1) is 10.1. The van der Waals surface area contributed by atoms with Gasteiger partial charge in [-0.3, -0.25) is 4.79 Å². The number of ether oxygens (including phenoxy) is 2. The molecular formula is C15H19ClFNO3. The van der Waals surface area contributed by atoms with Gasteiger partial charge in [0.2, 0.25) is 5.91 Å². The molecule has 0 spiro atoms. The van der Waals surface area contributed by atoms with Gasteiger partial charge in [0.15, 0.2) is 0 Å². The standard InChI is InChI=1S/C15H19ClFNO3/c16-13-8-11(3-4-14(13)17)9-18-15(19)5-7-20-10-12-2-1-6-21-12/h3-4,8,12H,1-2,5-7,9-10H2,(H,18,19). The van der Waals surface area contributed by atoms with Crippen LogP contribution in [0.5, 0.6) is 0 Å². The number of benzene rings is 1. The molecule has 0 saturated carbocycles. The molecule has 1 aromatic rings. The summed E-state index contributed by atoms with van der Waals surface area (Å²) >= 11 is 5.67. The molecule has 1 aliphatic heterocycles. The van der Waals surface area contributed by atoms with Crippen LogP contribution < -0.4 is 5.32 Å². The lowest BCUT2D eigenvalue weighted by atomic mass is 10.2. The van der Waals surface area contributed by atoms with E-state index in [1.807, 2.05) is 0 Å². The Morgan fingerprint density at radius 1 is 1.52 bits per heavy atom. The van der Waals surface area contributed by atoms with Crippen molar-refractivity contribution in [3.05, 3.63) is 34.6 Å². The maximum absolute atomic E-state index is 13.0. The first kappa shape index (κ1) is 16.2. The predicted octanol–water partition coefficient (Wildman–Crippen LogP) is 2.68. The first-order valence-corrected chi connectivity index (χ1v) is 7.43. The van der Waals surface area contributed by atoms with Gasteiger partial charge in [0, 0.05) is 19.6 Å². The Balaban J connectivity index is 1.59. The average molecular weight is 316 g/mol. The molecule has 0 radical (unpaired) electrons. The third-order valence-electron chi connectivity index (χ3n) is 3.27. The lowest BCUT2D eigenvalue weighted by Gasteiger charge is -2.10. The fourth-order valence-electron chi connectivity index (χ4n) is 2.09. The molecule has 21 heavy (non-hydrogen) atoms. The summed E-state index contributed by atoms with van der Waals surface area (Å²) in [6.45, 7) is 2.04. The summed E-state index contributed by atoms with van der Waals surface area (Å²) in [6, 6.07) is 4.38. The Kier molecular flexibility index (Phi) is 6.42. The van der Waals surface area contributed by atoms with E-state index in [4.69, 9.17) is 21.1 Å². The first-order valence-electron chi connectivity index (χ1n) is 7.05. The molecule has 1 N–H and O–H groups in total. The van der Waals surface area contributed by atoms with Gasteiger partial charge < -0.3 is 14.8 Å². The summed E-state index contributed by atoms with van der Waals surface area (Å²) in [5, 5.41) is 2.80. The Labute approximate surface area is 128 Å². The molecule has 1 unspecified atom stereocenters. The monoisotopic (exact) mass is 315 g/mol. The van der Waals surface area contributed by atoms with E-state index < -0.39 is 5.82 Å². The molecule has 116 valence electrons. The Morgan fingerprint density at radius 2 is 2.38 bits per heavy atom. The molecule has 6 heteroatoms. The van der Waals surface area contributed by atoms with Crippen molar-refractivity contribution >= 4 is 17.5 Å². The fraction of sp³-hybridized carbons (Fsp3) is 0.533. The number of nitrogens with one attached hydrogen (secondary N) is 1. The molecule has 1 fully saturated rings. The van der Waals surface area contributed by atoms with Gasteiger partial charge in [0.25, 0.3) is 0 Å². The lowest BCUT2D eigenvalue weighted by molar-refractivity contribution is -0.122. The third-order valence-corrected chi connectivity index (χ3v) is 3.56. The molecule has 4 nitrogen and oxygen atoms in total. The van der Waals surface area contributed by atoms with Crippen molar-refractivity contribution in [2.45, 2.75) is 31.9 Å². The highest BCUT2D eigenvalue weighted by Crippen LogP contribution is 2.15. The Morgan fingerprint density at radius 3 is 3.10 bits per heavy atom. The van der Waals surface area contributed by atoms with Crippen LogP contribution in [0.15, 0.2) is 18.2 Å². The molecule has 0 aliphatic carbocycles. The highest BCUT2D eigenvalue weighted by molar-refractivity contribution is 6.30. The quantitative estimate of drug-likeness (QED) is 0.787. The van der Waals surface area contributed by atoms with Crippen LogP contribution in [0.4, 0.5) is 4.39 Å². The van der Waals surface area contributed by atoms with Crippen molar-refractivity contribution in [3.8, 4) is 0 Å². The van der Waals surface area contributed by atoms with E-state index in [1.54, 1.807) is 6.07 Å². The van der Waals surface area contributed by atoms with E-state index in [-0.39, 0.29) is 17.0 Å². The van der Waals surface area contributed by atoms with Crippen LogP contribution in [0.25, 0.3) is 0 Å². The largest absolute Gasteiger partial charge is 0.378 e. The zero-order valence-electron chi connectivity index (χ0n) is 11.7. The predicted molar refractivity (Wildman–Crippen MR) is 77.7 cm³/mol. The Hall–Kier alpha value is -1.17. The second-order valence-electron chi connectivity index (χ2n) is 4.99. The highest BCUT2D eigenvalue weighted by Gasteiger charge is 2.15. The summed E-state index contributed by atoms with van der Waals surface area (Å²) in [7, 11) is 0. The van der Waals surface area contributed by atoms with Gasteiger partial charge in [-0.25, -0.2) is 4.39 Å². The fourth-order valence-corrected chi connectivity index (χ4v) is 2.30. The third kappa shape index (κ3) is 5.61. The van der Waals surface area contributed by atoms with Gasteiger partial charge in [-0.15, -0.1) is 0 Å². The van der Waals surface area contributed by atoms with Crippen molar-refractivity contribution in [2.75, 3.05) is 19.8 Å². The highest BCUT2D eigenvalue weighted by atomic mass is 35.5. The van der Waals surface area contributed by atoms with Gasteiger partial charge in [-0.1, -0.05) is 17.7 Å². The molecule has 1 aromatic carbocycles. The zero-order valence-corrected chi connectivity index (χ0v) is 12.5. The van der Waals surface area contributed by atoms with Crippen molar-refractivity contribution in [1.29, 1.82) is 0 Å². The molecule has 0 bridgehead atoms.